The van der Waals surface area contributed by atoms with E-state index in [0.29, 0.717) is 23.9 Å². The summed E-state index contributed by atoms with van der Waals surface area (Å²) < 4.78 is 1.85. The fourth-order valence-corrected chi connectivity index (χ4v) is 2.77. The van der Waals surface area contributed by atoms with Crippen LogP contribution in [0.2, 0.25) is 0 Å². The number of nitrogens with one attached hydrogen (secondary N) is 1. The first-order valence-corrected chi connectivity index (χ1v) is 6.73. The van der Waals surface area contributed by atoms with Gasteiger partial charge < -0.3 is 14.8 Å². The van der Waals surface area contributed by atoms with Gasteiger partial charge >= 0.3 is 0 Å². The highest BCUT2D eigenvalue weighted by molar-refractivity contribution is 5.37. The first kappa shape index (κ1) is 11.7. The molecule has 0 bridgehead atoms. The van der Waals surface area contributed by atoms with Crippen molar-refractivity contribution in [2.45, 2.75) is 44.8 Å². The Hall–Kier alpha value is -1.36. The van der Waals surface area contributed by atoms with E-state index in [1.54, 1.807) is 6.20 Å². The normalized spacial score (nSPS) is 28.4. The van der Waals surface area contributed by atoms with Gasteiger partial charge in [-0.1, -0.05) is 0 Å². The molecule has 3 rings (SSSR count). The fourth-order valence-electron chi connectivity index (χ4n) is 2.77. The van der Waals surface area contributed by atoms with E-state index in [-0.39, 0.29) is 5.56 Å². The molecule has 98 valence electrons. The van der Waals surface area contributed by atoms with Crippen LogP contribution in [0.25, 0.3) is 0 Å². The summed E-state index contributed by atoms with van der Waals surface area (Å²) in [7, 11) is 0. The molecule has 1 aromatic heterocycles. The molecule has 2 unspecified atom stereocenters. The summed E-state index contributed by atoms with van der Waals surface area (Å²) >= 11 is 0. The average molecular weight is 248 g/mol. The lowest BCUT2D eigenvalue weighted by Crippen LogP contribution is -2.55. The minimum absolute atomic E-state index is 0.0706. The van der Waals surface area contributed by atoms with Crippen LogP contribution in [0.5, 0.6) is 0 Å². The van der Waals surface area contributed by atoms with Crippen LogP contribution >= 0.6 is 0 Å². The monoisotopic (exact) mass is 248 g/mol. The SMILES string of the molecule is CC1CN(c2nccn(C3CC3)c2=O)CC(C)N1. The first-order chi connectivity index (χ1) is 8.65. The van der Waals surface area contributed by atoms with Gasteiger partial charge in [0.15, 0.2) is 5.82 Å². The molecular formula is C13H20N4O. The maximum absolute atomic E-state index is 12.4. The second-order valence-electron chi connectivity index (χ2n) is 5.57. The van der Waals surface area contributed by atoms with Gasteiger partial charge in [0, 0.05) is 43.6 Å². The lowest BCUT2D eigenvalue weighted by atomic mass is 10.1. The van der Waals surface area contributed by atoms with E-state index < -0.39 is 0 Å². The second-order valence-corrected chi connectivity index (χ2v) is 5.57. The Morgan fingerprint density at radius 2 is 1.94 bits per heavy atom. The maximum atomic E-state index is 12.4. The predicted octanol–water partition coefficient (Wildman–Crippen LogP) is 0.765. The van der Waals surface area contributed by atoms with Crippen molar-refractivity contribution in [3.05, 3.63) is 22.7 Å². The maximum Gasteiger partial charge on any atom is 0.293 e. The molecule has 5 nitrogen and oxygen atoms in total. The number of hydrogen-bond donors (Lipinski definition) is 1. The third-order valence-corrected chi connectivity index (χ3v) is 3.65. The van der Waals surface area contributed by atoms with Crippen LogP contribution in [0.15, 0.2) is 17.2 Å². The van der Waals surface area contributed by atoms with Crippen LogP contribution < -0.4 is 15.8 Å². The van der Waals surface area contributed by atoms with Gasteiger partial charge in [0.2, 0.25) is 0 Å². The summed E-state index contributed by atoms with van der Waals surface area (Å²) in [5.41, 5.74) is 0.0706. The van der Waals surface area contributed by atoms with Crippen LogP contribution in [0.1, 0.15) is 32.7 Å². The zero-order valence-corrected chi connectivity index (χ0v) is 11.0. The quantitative estimate of drug-likeness (QED) is 0.839. The van der Waals surface area contributed by atoms with Crippen molar-refractivity contribution in [1.29, 1.82) is 0 Å². The van der Waals surface area contributed by atoms with Gasteiger partial charge in [-0.3, -0.25) is 4.79 Å². The largest absolute Gasteiger partial charge is 0.349 e. The third-order valence-electron chi connectivity index (χ3n) is 3.65. The van der Waals surface area contributed by atoms with E-state index in [2.05, 4.69) is 29.0 Å². The molecule has 2 fully saturated rings. The van der Waals surface area contributed by atoms with Crippen LogP contribution in [0.4, 0.5) is 5.82 Å². The van der Waals surface area contributed by atoms with Gasteiger partial charge in [-0.25, -0.2) is 4.98 Å². The molecule has 1 aliphatic carbocycles. The minimum Gasteiger partial charge on any atom is -0.349 e. The molecular weight excluding hydrogens is 228 g/mol. The molecule has 2 aliphatic rings. The van der Waals surface area contributed by atoms with E-state index in [1.807, 2.05) is 10.8 Å². The predicted molar refractivity (Wildman–Crippen MR) is 71.0 cm³/mol. The van der Waals surface area contributed by atoms with Crippen molar-refractivity contribution in [3.63, 3.8) is 0 Å². The number of anilines is 1. The zero-order chi connectivity index (χ0) is 12.7. The van der Waals surface area contributed by atoms with Crippen molar-refractivity contribution in [2.24, 2.45) is 0 Å². The standard InChI is InChI=1S/C13H20N4O/c1-9-7-16(8-10(2)15-9)12-13(18)17(6-5-14-12)11-3-4-11/h5-6,9-11,15H,3-4,7-8H2,1-2H3. The van der Waals surface area contributed by atoms with Crippen molar-refractivity contribution < 1.29 is 0 Å². The van der Waals surface area contributed by atoms with E-state index in [0.717, 1.165) is 25.9 Å². The smallest absolute Gasteiger partial charge is 0.293 e. The Balaban J connectivity index is 1.91. The number of nitrogens with zero attached hydrogens (tertiary/aromatic N) is 3. The number of piperazine rings is 1. The lowest BCUT2D eigenvalue weighted by Gasteiger charge is -2.36. The zero-order valence-electron chi connectivity index (χ0n) is 11.0. The van der Waals surface area contributed by atoms with Crippen LogP contribution in [-0.4, -0.2) is 34.7 Å². The number of aromatic nitrogens is 2. The Labute approximate surface area is 107 Å². The summed E-state index contributed by atoms with van der Waals surface area (Å²) in [4.78, 5) is 18.8. The average Bonchev–Trinajstić information content (AvgIpc) is 3.12. The molecule has 2 heterocycles. The third kappa shape index (κ3) is 2.14. The molecule has 0 aromatic carbocycles. The van der Waals surface area contributed by atoms with Gasteiger partial charge in [-0.05, 0) is 26.7 Å². The van der Waals surface area contributed by atoms with E-state index >= 15 is 0 Å². The van der Waals surface area contributed by atoms with Crippen LogP contribution in [0.3, 0.4) is 0 Å². The molecule has 18 heavy (non-hydrogen) atoms. The van der Waals surface area contributed by atoms with Crippen LogP contribution in [0, 0.1) is 0 Å². The highest BCUT2D eigenvalue weighted by Gasteiger charge is 2.28. The topological polar surface area (TPSA) is 50.2 Å². The molecule has 1 aromatic rings. The van der Waals surface area contributed by atoms with E-state index in [4.69, 9.17) is 0 Å². The van der Waals surface area contributed by atoms with Gasteiger partial charge in [0.05, 0.1) is 0 Å². The Morgan fingerprint density at radius 3 is 2.56 bits per heavy atom. The molecule has 5 heteroatoms. The molecule has 0 spiro atoms. The van der Waals surface area contributed by atoms with Gasteiger partial charge in [-0.15, -0.1) is 0 Å². The van der Waals surface area contributed by atoms with Crippen molar-refractivity contribution >= 4 is 5.82 Å². The number of hydrogen-bond acceptors (Lipinski definition) is 4. The van der Waals surface area contributed by atoms with Gasteiger partial charge in [0.1, 0.15) is 0 Å². The molecule has 1 saturated carbocycles. The molecule has 0 radical (unpaired) electrons. The highest BCUT2D eigenvalue weighted by Crippen LogP contribution is 2.33. The van der Waals surface area contributed by atoms with E-state index in [1.165, 1.54) is 0 Å². The Bertz CT molecular complexity index is 484. The molecule has 1 saturated heterocycles. The summed E-state index contributed by atoms with van der Waals surface area (Å²) in [5.74, 6) is 0.615. The Kier molecular flexibility index (Phi) is 2.86. The fraction of sp³-hybridized carbons (Fsp3) is 0.692. The Morgan fingerprint density at radius 1 is 1.28 bits per heavy atom. The second kappa shape index (κ2) is 4.39. The first-order valence-electron chi connectivity index (χ1n) is 6.73. The molecule has 1 aliphatic heterocycles. The van der Waals surface area contributed by atoms with Crippen molar-refractivity contribution in [3.8, 4) is 0 Å². The molecule has 1 N–H and O–H groups in total. The van der Waals surface area contributed by atoms with Gasteiger partial charge in [0.25, 0.3) is 5.56 Å². The lowest BCUT2D eigenvalue weighted by molar-refractivity contribution is 0.403. The summed E-state index contributed by atoms with van der Waals surface area (Å²) in [5, 5.41) is 3.47. The highest BCUT2D eigenvalue weighted by atomic mass is 16.1. The van der Waals surface area contributed by atoms with Crippen molar-refractivity contribution in [1.82, 2.24) is 14.9 Å². The summed E-state index contributed by atoms with van der Waals surface area (Å²) in [6.07, 6.45) is 5.82. The summed E-state index contributed by atoms with van der Waals surface area (Å²) in [6.45, 7) is 5.98. The van der Waals surface area contributed by atoms with Gasteiger partial charge in [-0.2, -0.15) is 0 Å². The van der Waals surface area contributed by atoms with Crippen LogP contribution in [-0.2, 0) is 0 Å². The molecule has 0 amide bonds. The summed E-state index contributed by atoms with van der Waals surface area (Å²) in [6, 6.07) is 1.20. The molecule has 2 atom stereocenters. The minimum atomic E-state index is 0.0706. The number of rotatable bonds is 2. The van der Waals surface area contributed by atoms with Crippen molar-refractivity contribution in [2.75, 3.05) is 18.0 Å². The van der Waals surface area contributed by atoms with E-state index in [9.17, 15) is 4.79 Å².